The molecule has 0 amide bonds. The molecule has 1 heterocycles. The first-order valence-electron chi connectivity index (χ1n) is 7.45. The van der Waals surface area contributed by atoms with Gasteiger partial charge in [0.15, 0.2) is 0 Å². The van der Waals surface area contributed by atoms with Gasteiger partial charge in [0.25, 0.3) is 0 Å². The highest BCUT2D eigenvalue weighted by molar-refractivity contribution is 5.61. The molecule has 5 heteroatoms. The van der Waals surface area contributed by atoms with Crippen LogP contribution in [0.1, 0.15) is 17.5 Å². The zero-order valence-corrected chi connectivity index (χ0v) is 13.4. The summed E-state index contributed by atoms with van der Waals surface area (Å²) in [6.45, 7) is 7.03. The van der Waals surface area contributed by atoms with Gasteiger partial charge in [-0.15, -0.1) is 0 Å². The van der Waals surface area contributed by atoms with Gasteiger partial charge < -0.3 is 14.2 Å². The highest BCUT2D eigenvalue weighted by atomic mass is 16.7. The summed E-state index contributed by atoms with van der Waals surface area (Å²) >= 11 is 0. The number of methoxy groups -OCH3 is 1. The maximum Gasteiger partial charge on any atom is 0.513 e. The third kappa shape index (κ3) is 4.77. The SMILES string of the molecule is COC(=O)OC1=CCCN(CCOc2cc(C)ccc2C)C1. The van der Waals surface area contributed by atoms with Gasteiger partial charge in [0.2, 0.25) is 0 Å². The predicted molar refractivity (Wildman–Crippen MR) is 84.0 cm³/mol. The monoisotopic (exact) mass is 305 g/mol. The molecule has 0 bridgehead atoms. The Morgan fingerprint density at radius 2 is 2.14 bits per heavy atom. The molecule has 0 spiro atoms. The summed E-state index contributed by atoms with van der Waals surface area (Å²) < 4.78 is 15.5. The van der Waals surface area contributed by atoms with Gasteiger partial charge in [0.05, 0.1) is 13.7 Å². The second-order valence-corrected chi connectivity index (χ2v) is 5.41. The van der Waals surface area contributed by atoms with Gasteiger partial charge in [0.1, 0.15) is 18.1 Å². The third-order valence-electron chi connectivity index (χ3n) is 3.59. The highest BCUT2D eigenvalue weighted by Gasteiger charge is 2.16. The van der Waals surface area contributed by atoms with E-state index in [0.29, 0.717) is 18.9 Å². The quantitative estimate of drug-likeness (QED) is 0.783. The topological polar surface area (TPSA) is 48.0 Å². The molecule has 1 aromatic rings. The van der Waals surface area contributed by atoms with Crippen LogP contribution in [0.25, 0.3) is 0 Å². The van der Waals surface area contributed by atoms with Crippen molar-refractivity contribution in [2.24, 2.45) is 0 Å². The van der Waals surface area contributed by atoms with E-state index in [1.165, 1.54) is 12.7 Å². The lowest BCUT2D eigenvalue weighted by atomic mass is 10.1. The second-order valence-electron chi connectivity index (χ2n) is 5.41. The summed E-state index contributed by atoms with van der Waals surface area (Å²) in [6, 6.07) is 6.20. The lowest BCUT2D eigenvalue weighted by Gasteiger charge is -2.26. The van der Waals surface area contributed by atoms with E-state index in [2.05, 4.69) is 34.8 Å². The first kappa shape index (κ1) is 16.4. The van der Waals surface area contributed by atoms with Gasteiger partial charge in [-0.2, -0.15) is 0 Å². The van der Waals surface area contributed by atoms with E-state index < -0.39 is 6.16 Å². The van der Waals surface area contributed by atoms with Crippen molar-refractivity contribution in [3.8, 4) is 5.75 Å². The van der Waals surface area contributed by atoms with Crippen molar-refractivity contribution in [2.75, 3.05) is 33.4 Å². The molecular weight excluding hydrogens is 282 g/mol. The fraction of sp³-hybridized carbons (Fsp3) is 0.471. The van der Waals surface area contributed by atoms with Crippen molar-refractivity contribution in [3.05, 3.63) is 41.2 Å². The van der Waals surface area contributed by atoms with E-state index >= 15 is 0 Å². The molecule has 0 N–H and O–H groups in total. The Morgan fingerprint density at radius 1 is 1.32 bits per heavy atom. The van der Waals surface area contributed by atoms with Crippen LogP contribution >= 0.6 is 0 Å². The summed E-state index contributed by atoms with van der Waals surface area (Å²) in [6.07, 6.45) is 2.12. The van der Waals surface area contributed by atoms with Crippen molar-refractivity contribution >= 4 is 6.16 Å². The van der Waals surface area contributed by atoms with E-state index in [1.54, 1.807) is 0 Å². The molecule has 0 unspecified atom stereocenters. The Morgan fingerprint density at radius 3 is 2.91 bits per heavy atom. The zero-order chi connectivity index (χ0) is 15.9. The molecule has 1 aliphatic rings. The average Bonchev–Trinajstić information content (AvgIpc) is 2.51. The molecule has 0 fully saturated rings. The van der Waals surface area contributed by atoms with Crippen LogP contribution in [0.4, 0.5) is 4.79 Å². The Kier molecular flexibility index (Phi) is 5.83. The molecule has 1 aromatic carbocycles. The van der Waals surface area contributed by atoms with E-state index in [-0.39, 0.29) is 0 Å². The molecular formula is C17H23NO4. The van der Waals surface area contributed by atoms with Crippen LogP contribution in [0.3, 0.4) is 0 Å². The van der Waals surface area contributed by atoms with Crippen LogP contribution in [0, 0.1) is 13.8 Å². The van der Waals surface area contributed by atoms with E-state index in [4.69, 9.17) is 9.47 Å². The summed E-state index contributed by atoms with van der Waals surface area (Å²) in [5.41, 5.74) is 2.33. The van der Waals surface area contributed by atoms with Gasteiger partial charge in [-0.1, -0.05) is 12.1 Å². The van der Waals surface area contributed by atoms with Crippen molar-refractivity contribution in [1.29, 1.82) is 0 Å². The minimum Gasteiger partial charge on any atom is -0.492 e. The van der Waals surface area contributed by atoms with Crippen LogP contribution < -0.4 is 4.74 Å². The van der Waals surface area contributed by atoms with Crippen LogP contribution in [-0.2, 0) is 9.47 Å². The Labute approximate surface area is 131 Å². The summed E-state index contributed by atoms with van der Waals surface area (Å²) in [7, 11) is 1.31. The van der Waals surface area contributed by atoms with Gasteiger partial charge in [-0.25, -0.2) is 4.79 Å². The Bertz CT molecular complexity index is 554. The maximum atomic E-state index is 11.1. The standard InChI is InChI=1S/C17H23NO4/c1-13-6-7-14(2)16(11-13)21-10-9-18-8-4-5-15(12-18)22-17(19)20-3/h5-7,11H,4,8-10,12H2,1-3H3. The molecule has 0 aromatic heterocycles. The zero-order valence-electron chi connectivity index (χ0n) is 13.4. The van der Waals surface area contributed by atoms with Crippen LogP contribution in [0.5, 0.6) is 5.75 Å². The molecule has 120 valence electrons. The first-order valence-corrected chi connectivity index (χ1v) is 7.45. The van der Waals surface area contributed by atoms with Gasteiger partial charge >= 0.3 is 6.16 Å². The maximum absolute atomic E-state index is 11.1. The number of hydrogen-bond donors (Lipinski definition) is 0. The summed E-state index contributed by atoms with van der Waals surface area (Å²) in [4.78, 5) is 13.3. The van der Waals surface area contributed by atoms with E-state index in [9.17, 15) is 4.79 Å². The minimum absolute atomic E-state index is 0.602. The molecule has 5 nitrogen and oxygen atoms in total. The highest BCUT2D eigenvalue weighted by Crippen LogP contribution is 2.19. The molecule has 0 saturated carbocycles. The smallest absolute Gasteiger partial charge is 0.492 e. The van der Waals surface area contributed by atoms with Crippen LogP contribution in [-0.4, -0.2) is 44.4 Å². The minimum atomic E-state index is -0.667. The molecule has 0 saturated heterocycles. The lowest BCUT2D eigenvalue weighted by Crippen LogP contribution is -2.34. The average molecular weight is 305 g/mol. The van der Waals surface area contributed by atoms with Crippen molar-refractivity contribution < 1.29 is 19.0 Å². The summed E-state index contributed by atoms with van der Waals surface area (Å²) in [5.74, 6) is 1.57. The predicted octanol–water partition coefficient (Wildman–Crippen LogP) is 3.05. The molecule has 0 atom stereocenters. The fourth-order valence-electron chi connectivity index (χ4n) is 2.33. The first-order chi connectivity index (χ1) is 10.6. The Hall–Kier alpha value is -2.01. The normalized spacial score (nSPS) is 15.1. The largest absolute Gasteiger partial charge is 0.513 e. The number of aryl methyl sites for hydroxylation is 2. The second kappa shape index (κ2) is 7.84. The molecule has 1 aliphatic heterocycles. The number of benzene rings is 1. The molecule has 0 radical (unpaired) electrons. The third-order valence-corrected chi connectivity index (χ3v) is 3.59. The van der Waals surface area contributed by atoms with Crippen LogP contribution in [0.2, 0.25) is 0 Å². The fourth-order valence-corrected chi connectivity index (χ4v) is 2.33. The Balaban J connectivity index is 1.79. The van der Waals surface area contributed by atoms with Gasteiger partial charge in [0, 0.05) is 13.1 Å². The van der Waals surface area contributed by atoms with Crippen molar-refractivity contribution in [1.82, 2.24) is 4.90 Å². The number of carbonyl (C=O) groups is 1. The van der Waals surface area contributed by atoms with Gasteiger partial charge in [-0.3, -0.25) is 4.90 Å². The van der Waals surface area contributed by atoms with Crippen LogP contribution in [0.15, 0.2) is 30.0 Å². The lowest BCUT2D eigenvalue weighted by molar-refractivity contribution is 0.0858. The number of hydrogen-bond acceptors (Lipinski definition) is 5. The summed E-state index contributed by atoms with van der Waals surface area (Å²) in [5, 5.41) is 0. The van der Waals surface area contributed by atoms with Gasteiger partial charge in [-0.05, 0) is 43.5 Å². The number of ether oxygens (including phenoxy) is 3. The number of carbonyl (C=O) groups excluding carboxylic acids is 1. The van der Waals surface area contributed by atoms with E-state index in [0.717, 1.165) is 30.8 Å². The number of rotatable bonds is 5. The van der Waals surface area contributed by atoms with Crippen molar-refractivity contribution in [2.45, 2.75) is 20.3 Å². The molecule has 0 aliphatic carbocycles. The molecule has 22 heavy (non-hydrogen) atoms. The van der Waals surface area contributed by atoms with E-state index in [1.807, 2.05) is 13.0 Å². The molecule has 2 rings (SSSR count). The number of nitrogens with zero attached hydrogens (tertiary/aromatic N) is 1. The van der Waals surface area contributed by atoms with Crippen molar-refractivity contribution in [3.63, 3.8) is 0 Å².